The van der Waals surface area contributed by atoms with Gasteiger partial charge in [0.1, 0.15) is 0 Å². The van der Waals surface area contributed by atoms with Crippen molar-refractivity contribution in [1.82, 2.24) is 4.90 Å². The van der Waals surface area contributed by atoms with Gasteiger partial charge in [-0.1, -0.05) is 58.9 Å². The second-order valence-electron chi connectivity index (χ2n) is 13.0. The standard InChI is InChI=1S/C29H43NO/c1-27(2,3)21-10-8-7-9-19(21)22-12-13-23-20-11-14-25-29(5,18-16-26(31)30(25)6)24(20)15-17-28(22,23)4/h7-10,20,22-25H,11-18H2,1-6H3/t20-,22?,23-,24+,25?,28+,29+/m0/s1. The normalized spacial score (nSPS) is 42.7. The molecule has 1 heterocycles. The summed E-state index contributed by atoms with van der Waals surface area (Å²) in [5.74, 6) is 3.59. The minimum absolute atomic E-state index is 0.201. The van der Waals surface area contributed by atoms with Gasteiger partial charge in [-0.15, -0.1) is 0 Å². The number of amides is 1. The Labute approximate surface area is 190 Å². The maximum Gasteiger partial charge on any atom is 0.222 e. The van der Waals surface area contributed by atoms with Crippen LogP contribution < -0.4 is 0 Å². The van der Waals surface area contributed by atoms with E-state index in [9.17, 15) is 4.79 Å². The van der Waals surface area contributed by atoms with E-state index in [0.29, 0.717) is 28.7 Å². The van der Waals surface area contributed by atoms with Gasteiger partial charge in [0.15, 0.2) is 0 Å². The Kier molecular flexibility index (Phi) is 4.93. The summed E-state index contributed by atoms with van der Waals surface area (Å²) in [7, 11) is 2.08. The molecule has 7 atom stereocenters. The Morgan fingerprint density at radius 3 is 2.35 bits per heavy atom. The fraction of sp³-hybridized carbons (Fsp3) is 0.759. The van der Waals surface area contributed by atoms with Crippen LogP contribution in [-0.4, -0.2) is 23.9 Å². The van der Waals surface area contributed by atoms with Crippen molar-refractivity contribution < 1.29 is 4.79 Å². The van der Waals surface area contributed by atoms with Crippen LogP contribution in [0.3, 0.4) is 0 Å². The highest BCUT2D eigenvalue weighted by molar-refractivity contribution is 5.77. The predicted octanol–water partition coefficient (Wildman–Crippen LogP) is 6.93. The van der Waals surface area contributed by atoms with Gasteiger partial charge in [0, 0.05) is 19.5 Å². The lowest BCUT2D eigenvalue weighted by atomic mass is 9.46. The summed E-state index contributed by atoms with van der Waals surface area (Å²) in [6, 6.07) is 9.81. The molecule has 170 valence electrons. The zero-order valence-electron chi connectivity index (χ0n) is 20.7. The van der Waals surface area contributed by atoms with Crippen LogP contribution in [0.4, 0.5) is 0 Å². The zero-order valence-corrected chi connectivity index (χ0v) is 20.7. The first-order valence-electron chi connectivity index (χ1n) is 12.9. The van der Waals surface area contributed by atoms with E-state index in [2.05, 4.69) is 70.8 Å². The van der Waals surface area contributed by atoms with E-state index in [4.69, 9.17) is 0 Å². The van der Waals surface area contributed by atoms with Crippen molar-refractivity contribution in [3.63, 3.8) is 0 Å². The van der Waals surface area contributed by atoms with Crippen molar-refractivity contribution in [2.75, 3.05) is 7.05 Å². The smallest absolute Gasteiger partial charge is 0.222 e. The predicted molar refractivity (Wildman–Crippen MR) is 128 cm³/mol. The van der Waals surface area contributed by atoms with Crippen LogP contribution in [0.25, 0.3) is 0 Å². The van der Waals surface area contributed by atoms with Crippen LogP contribution in [0, 0.1) is 28.6 Å². The van der Waals surface area contributed by atoms with E-state index in [0.717, 1.165) is 30.6 Å². The summed E-state index contributed by atoms with van der Waals surface area (Å²) in [5, 5.41) is 0. The van der Waals surface area contributed by atoms with E-state index < -0.39 is 0 Å². The molecule has 1 aromatic rings. The highest BCUT2D eigenvalue weighted by Crippen LogP contribution is 2.68. The number of rotatable bonds is 1. The monoisotopic (exact) mass is 421 g/mol. The van der Waals surface area contributed by atoms with E-state index in [1.54, 1.807) is 11.1 Å². The molecule has 5 rings (SSSR count). The quantitative estimate of drug-likeness (QED) is 0.481. The first kappa shape index (κ1) is 21.5. The number of hydrogen-bond donors (Lipinski definition) is 0. The summed E-state index contributed by atoms with van der Waals surface area (Å²) in [5.41, 5.74) is 4.16. The molecule has 0 N–H and O–H groups in total. The van der Waals surface area contributed by atoms with E-state index in [1.165, 1.54) is 38.5 Å². The third-order valence-corrected chi connectivity index (χ3v) is 10.7. The molecule has 1 amide bonds. The fourth-order valence-corrected chi connectivity index (χ4v) is 9.15. The van der Waals surface area contributed by atoms with E-state index in [-0.39, 0.29) is 5.41 Å². The van der Waals surface area contributed by atoms with Gasteiger partial charge >= 0.3 is 0 Å². The molecule has 1 aromatic carbocycles. The summed E-state index contributed by atoms with van der Waals surface area (Å²) in [6.45, 7) is 12.3. The Balaban J connectivity index is 1.47. The third kappa shape index (κ3) is 3.06. The first-order valence-corrected chi connectivity index (χ1v) is 12.9. The molecular weight excluding hydrogens is 378 g/mol. The number of fused-ring (bicyclic) bond motifs is 5. The lowest BCUT2D eigenvalue weighted by molar-refractivity contribution is -0.157. The zero-order chi connectivity index (χ0) is 22.2. The molecule has 0 bridgehead atoms. The van der Waals surface area contributed by atoms with Crippen LogP contribution in [-0.2, 0) is 10.2 Å². The molecule has 2 nitrogen and oxygen atoms in total. The van der Waals surface area contributed by atoms with Crippen LogP contribution in [0.5, 0.6) is 0 Å². The molecule has 2 unspecified atom stereocenters. The summed E-state index contributed by atoms with van der Waals surface area (Å²) >= 11 is 0. The van der Waals surface area contributed by atoms with Crippen LogP contribution in [0.15, 0.2) is 24.3 Å². The van der Waals surface area contributed by atoms with Crippen LogP contribution in [0.2, 0.25) is 0 Å². The number of benzene rings is 1. The molecule has 4 fully saturated rings. The fourth-order valence-electron chi connectivity index (χ4n) is 9.15. The van der Waals surface area contributed by atoms with Gasteiger partial charge in [0.25, 0.3) is 0 Å². The van der Waals surface area contributed by atoms with E-state index in [1.807, 2.05) is 0 Å². The number of carbonyl (C=O) groups is 1. The van der Waals surface area contributed by atoms with Crippen molar-refractivity contribution in [3.05, 3.63) is 35.4 Å². The van der Waals surface area contributed by atoms with Crippen molar-refractivity contribution in [2.24, 2.45) is 28.6 Å². The maximum absolute atomic E-state index is 12.4. The SMILES string of the molecule is CN1C(=O)CC[C@@]2(C)C1CC[C@@H]1[C@H]2CC[C@]2(C)C(c3ccccc3C(C)(C)C)CC[C@@H]12. The average Bonchev–Trinajstić information content (AvgIpc) is 3.07. The lowest BCUT2D eigenvalue weighted by Crippen LogP contribution is -2.61. The molecule has 0 radical (unpaired) electrons. The number of piperidine rings is 1. The van der Waals surface area contributed by atoms with Gasteiger partial charge in [-0.3, -0.25) is 4.79 Å². The molecular formula is C29H43NO. The highest BCUT2D eigenvalue weighted by Gasteiger charge is 2.61. The Morgan fingerprint density at radius 2 is 1.61 bits per heavy atom. The van der Waals surface area contributed by atoms with Gasteiger partial charge in [0.05, 0.1) is 0 Å². The minimum Gasteiger partial charge on any atom is -0.342 e. The molecule has 1 saturated heterocycles. The van der Waals surface area contributed by atoms with Crippen molar-refractivity contribution in [1.29, 1.82) is 0 Å². The van der Waals surface area contributed by atoms with Crippen molar-refractivity contribution >= 4 is 5.91 Å². The second-order valence-corrected chi connectivity index (χ2v) is 13.0. The van der Waals surface area contributed by atoms with Gasteiger partial charge < -0.3 is 4.90 Å². The molecule has 0 spiro atoms. The largest absolute Gasteiger partial charge is 0.342 e. The molecule has 3 saturated carbocycles. The molecule has 31 heavy (non-hydrogen) atoms. The molecule has 3 aliphatic carbocycles. The summed E-state index contributed by atoms with van der Waals surface area (Å²) in [6.07, 6.45) is 9.90. The average molecular weight is 422 g/mol. The maximum atomic E-state index is 12.4. The van der Waals surface area contributed by atoms with Gasteiger partial charge in [0.2, 0.25) is 5.91 Å². The van der Waals surface area contributed by atoms with Crippen molar-refractivity contribution in [2.45, 2.75) is 103 Å². The number of carbonyl (C=O) groups excluding carboxylic acids is 1. The number of nitrogens with zero attached hydrogens (tertiary/aromatic N) is 1. The van der Waals surface area contributed by atoms with Crippen LogP contribution in [0.1, 0.15) is 103 Å². The lowest BCUT2D eigenvalue weighted by Gasteiger charge is -2.62. The summed E-state index contributed by atoms with van der Waals surface area (Å²) < 4.78 is 0. The van der Waals surface area contributed by atoms with Crippen LogP contribution >= 0.6 is 0 Å². The molecule has 2 heteroatoms. The molecule has 0 aromatic heterocycles. The Morgan fingerprint density at radius 1 is 0.903 bits per heavy atom. The Bertz CT molecular complexity index is 868. The molecule has 4 aliphatic rings. The second kappa shape index (κ2) is 7.09. The van der Waals surface area contributed by atoms with Gasteiger partial charge in [-0.25, -0.2) is 0 Å². The Hall–Kier alpha value is -1.31. The van der Waals surface area contributed by atoms with E-state index >= 15 is 0 Å². The van der Waals surface area contributed by atoms with Crippen molar-refractivity contribution in [3.8, 4) is 0 Å². The summed E-state index contributed by atoms with van der Waals surface area (Å²) in [4.78, 5) is 14.6. The number of hydrogen-bond acceptors (Lipinski definition) is 1. The number of likely N-dealkylation sites (tertiary alicyclic amines) is 1. The topological polar surface area (TPSA) is 20.3 Å². The van der Waals surface area contributed by atoms with Gasteiger partial charge in [-0.05, 0) is 96.0 Å². The highest BCUT2D eigenvalue weighted by atomic mass is 16.2. The molecule has 1 aliphatic heterocycles. The first-order chi connectivity index (χ1) is 14.6. The van der Waals surface area contributed by atoms with Gasteiger partial charge in [-0.2, -0.15) is 0 Å². The minimum atomic E-state index is 0.201. The third-order valence-electron chi connectivity index (χ3n) is 10.7.